The third-order valence-corrected chi connectivity index (χ3v) is 4.65. The van der Waals surface area contributed by atoms with E-state index in [-0.39, 0.29) is 5.91 Å². The molecule has 5 rings (SSSR count). The van der Waals surface area contributed by atoms with E-state index < -0.39 is 5.76 Å². The van der Waals surface area contributed by atoms with E-state index in [9.17, 15) is 9.59 Å². The van der Waals surface area contributed by atoms with Crippen LogP contribution < -0.4 is 11.1 Å². The van der Waals surface area contributed by atoms with Crippen molar-refractivity contribution in [3.05, 3.63) is 70.3 Å². The molecular weight excluding hydrogens is 330 g/mol. The minimum Gasteiger partial charge on any atom is -0.408 e. The van der Waals surface area contributed by atoms with Crippen LogP contribution in [0.1, 0.15) is 34.8 Å². The third-order valence-electron chi connectivity index (χ3n) is 4.65. The second-order valence-electron chi connectivity index (χ2n) is 6.57. The zero-order chi connectivity index (χ0) is 17.7. The van der Waals surface area contributed by atoms with Gasteiger partial charge in [0.05, 0.1) is 16.6 Å². The second-order valence-corrected chi connectivity index (χ2v) is 6.57. The number of aromatic nitrogens is 2. The van der Waals surface area contributed by atoms with Crippen molar-refractivity contribution in [3.8, 4) is 0 Å². The first-order chi connectivity index (χ1) is 12.7. The van der Waals surface area contributed by atoms with Crippen molar-refractivity contribution in [1.29, 1.82) is 0 Å². The van der Waals surface area contributed by atoms with Crippen LogP contribution in [-0.4, -0.2) is 15.9 Å². The predicted octanol–water partition coefficient (Wildman–Crippen LogP) is 3.80. The summed E-state index contributed by atoms with van der Waals surface area (Å²) in [6, 6.07) is 14.6. The molecule has 0 atom stereocenters. The Kier molecular flexibility index (Phi) is 3.18. The highest BCUT2D eigenvalue weighted by Crippen LogP contribution is 2.40. The summed E-state index contributed by atoms with van der Waals surface area (Å²) in [6.45, 7) is 0. The average Bonchev–Trinajstić information content (AvgIpc) is 3.42. The quantitative estimate of drug-likeness (QED) is 0.591. The largest absolute Gasteiger partial charge is 0.417 e. The minimum atomic E-state index is -0.516. The Hall–Kier alpha value is -3.41. The van der Waals surface area contributed by atoms with Crippen molar-refractivity contribution < 1.29 is 9.21 Å². The van der Waals surface area contributed by atoms with E-state index in [4.69, 9.17) is 9.40 Å². The van der Waals surface area contributed by atoms with Gasteiger partial charge in [0.15, 0.2) is 5.58 Å². The number of oxazole rings is 1. The number of para-hydroxylation sites is 1. The highest BCUT2D eigenvalue weighted by Gasteiger charge is 2.27. The van der Waals surface area contributed by atoms with E-state index in [1.54, 1.807) is 18.2 Å². The number of nitrogens with one attached hydrogen (secondary N) is 2. The Balaban J connectivity index is 1.55. The van der Waals surface area contributed by atoms with Crippen LogP contribution in [0, 0.1) is 0 Å². The monoisotopic (exact) mass is 345 g/mol. The van der Waals surface area contributed by atoms with E-state index in [1.165, 1.54) is 0 Å². The Bertz CT molecular complexity index is 1220. The number of fused-ring (bicyclic) bond motifs is 2. The fourth-order valence-corrected chi connectivity index (χ4v) is 3.20. The number of rotatable bonds is 3. The molecule has 4 aromatic rings. The smallest absolute Gasteiger partial charge is 0.408 e. The van der Waals surface area contributed by atoms with Crippen LogP contribution >= 0.6 is 0 Å². The summed E-state index contributed by atoms with van der Waals surface area (Å²) < 4.78 is 4.99. The van der Waals surface area contributed by atoms with E-state index in [0.29, 0.717) is 28.3 Å². The number of carbonyl (C=O) groups is 1. The van der Waals surface area contributed by atoms with Gasteiger partial charge in [-0.05, 0) is 43.2 Å². The normalized spacial score (nSPS) is 14.0. The van der Waals surface area contributed by atoms with Gasteiger partial charge < -0.3 is 9.73 Å². The molecule has 1 aliphatic carbocycles. The van der Waals surface area contributed by atoms with Gasteiger partial charge >= 0.3 is 5.76 Å². The maximum Gasteiger partial charge on any atom is 0.417 e. The number of carbonyl (C=O) groups excluding carboxylic acids is 1. The van der Waals surface area contributed by atoms with Crippen LogP contribution in [0.4, 0.5) is 5.69 Å². The topological polar surface area (TPSA) is 88.0 Å². The highest BCUT2D eigenvalue weighted by atomic mass is 16.4. The highest BCUT2D eigenvalue weighted by molar-refractivity contribution is 6.12. The summed E-state index contributed by atoms with van der Waals surface area (Å²) in [6.07, 6.45) is 2.24. The molecule has 1 aliphatic rings. The van der Waals surface area contributed by atoms with Gasteiger partial charge in [0.1, 0.15) is 0 Å². The Labute approximate surface area is 147 Å². The second kappa shape index (κ2) is 5.56. The first-order valence-corrected chi connectivity index (χ1v) is 8.51. The molecule has 2 aromatic heterocycles. The predicted molar refractivity (Wildman–Crippen MR) is 98.5 cm³/mol. The molecule has 1 saturated carbocycles. The molecule has 1 fully saturated rings. The average molecular weight is 345 g/mol. The van der Waals surface area contributed by atoms with Gasteiger partial charge in [-0.2, -0.15) is 0 Å². The first kappa shape index (κ1) is 14.9. The van der Waals surface area contributed by atoms with Gasteiger partial charge in [-0.3, -0.25) is 14.8 Å². The Morgan fingerprint density at radius 2 is 2.00 bits per heavy atom. The van der Waals surface area contributed by atoms with Crippen molar-refractivity contribution >= 4 is 33.6 Å². The number of hydrogen-bond donors (Lipinski definition) is 2. The van der Waals surface area contributed by atoms with Crippen molar-refractivity contribution in [2.75, 3.05) is 5.32 Å². The van der Waals surface area contributed by atoms with Crippen LogP contribution in [0.15, 0.2) is 57.7 Å². The van der Waals surface area contributed by atoms with Crippen LogP contribution in [-0.2, 0) is 0 Å². The lowest BCUT2D eigenvalue weighted by molar-refractivity contribution is 0.102. The number of H-pyrrole nitrogens is 1. The van der Waals surface area contributed by atoms with Gasteiger partial charge in [0, 0.05) is 22.7 Å². The lowest BCUT2D eigenvalue weighted by Crippen LogP contribution is -2.13. The molecule has 2 aromatic carbocycles. The number of nitrogens with zero attached hydrogens (tertiary/aromatic N) is 1. The molecule has 6 nitrogen and oxygen atoms in total. The van der Waals surface area contributed by atoms with Crippen molar-refractivity contribution in [3.63, 3.8) is 0 Å². The molecule has 0 saturated heterocycles. The third kappa shape index (κ3) is 2.56. The number of aromatic amines is 1. The maximum atomic E-state index is 12.9. The SMILES string of the molecule is O=C(Nc1ccc2oc(=O)[nH]c2c1)c1cc(C2CC2)nc2ccccc12. The zero-order valence-corrected chi connectivity index (χ0v) is 13.8. The van der Waals surface area contributed by atoms with Crippen LogP contribution in [0.25, 0.3) is 22.0 Å². The van der Waals surface area contributed by atoms with E-state index in [2.05, 4.69) is 10.3 Å². The summed E-state index contributed by atoms with van der Waals surface area (Å²) in [4.78, 5) is 31.5. The van der Waals surface area contributed by atoms with Crippen LogP contribution in [0.5, 0.6) is 0 Å². The molecule has 128 valence electrons. The van der Waals surface area contributed by atoms with Gasteiger partial charge in [0.2, 0.25) is 0 Å². The summed E-state index contributed by atoms with van der Waals surface area (Å²) in [5.41, 5.74) is 4.01. The fraction of sp³-hybridized carbons (Fsp3) is 0.150. The number of anilines is 1. The lowest BCUT2D eigenvalue weighted by atomic mass is 10.1. The van der Waals surface area contributed by atoms with Crippen molar-refractivity contribution in [2.24, 2.45) is 0 Å². The van der Waals surface area contributed by atoms with Gasteiger partial charge in [0.25, 0.3) is 5.91 Å². The number of benzene rings is 2. The molecule has 1 amide bonds. The van der Waals surface area contributed by atoms with Crippen LogP contribution in [0.2, 0.25) is 0 Å². The number of amides is 1. The minimum absolute atomic E-state index is 0.198. The molecule has 6 heteroatoms. The van der Waals surface area contributed by atoms with Crippen LogP contribution in [0.3, 0.4) is 0 Å². The molecule has 0 aliphatic heterocycles. The summed E-state index contributed by atoms with van der Waals surface area (Å²) in [5, 5.41) is 3.73. The lowest BCUT2D eigenvalue weighted by Gasteiger charge is -2.10. The molecule has 26 heavy (non-hydrogen) atoms. The molecule has 0 bridgehead atoms. The zero-order valence-electron chi connectivity index (χ0n) is 13.8. The molecule has 0 unspecified atom stereocenters. The molecule has 0 spiro atoms. The molecule has 2 N–H and O–H groups in total. The fourth-order valence-electron chi connectivity index (χ4n) is 3.20. The number of pyridine rings is 1. The Morgan fingerprint density at radius 1 is 1.15 bits per heavy atom. The van der Waals surface area contributed by atoms with Gasteiger partial charge in [-0.25, -0.2) is 4.79 Å². The number of hydrogen-bond acceptors (Lipinski definition) is 4. The summed E-state index contributed by atoms with van der Waals surface area (Å²) in [7, 11) is 0. The summed E-state index contributed by atoms with van der Waals surface area (Å²) in [5.74, 6) is -0.258. The maximum absolute atomic E-state index is 12.9. The Morgan fingerprint density at radius 3 is 2.85 bits per heavy atom. The van der Waals surface area contributed by atoms with E-state index in [1.807, 2.05) is 30.3 Å². The summed E-state index contributed by atoms with van der Waals surface area (Å²) >= 11 is 0. The van der Waals surface area contributed by atoms with Gasteiger partial charge in [-0.15, -0.1) is 0 Å². The van der Waals surface area contributed by atoms with Crippen molar-refractivity contribution in [2.45, 2.75) is 18.8 Å². The van der Waals surface area contributed by atoms with Crippen molar-refractivity contribution in [1.82, 2.24) is 9.97 Å². The molecule has 0 radical (unpaired) electrons. The standard InChI is InChI=1S/C20H15N3O3/c24-19(21-12-7-8-18-17(9-12)23-20(25)26-18)14-10-16(11-5-6-11)22-15-4-2-1-3-13(14)15/h1-4,7-11H,5-6H2,(H,21,24)(H,23,25). The van der Waals surface area contributed by atoms with E-state index >= 15 is 0 Å². The first-order valence-electron chi connectivity index (χ1n) is 8.51. The molecular formula is C20H15N3O3. The molecule has 2 heterocycles. The van der Waals surface area contributed by atoms with E-state index in [0.717, 1.165) is 29.4 Å². The van der Waals surface area contributed by atoms with Gasteiger partial charge in [-0.1, -0.05) is 18.2 Å².